The molecule has 4 nitrogen and oxygen atoms in total. The number of benzene rings is 1. The molecule has 0 aliphatic rings. The Morgan fingerprint density at radius 3 is 2.61 bits per heavy atom. The Kier molecular flexibility index (Phi) is 9.44. The van der Waals surface area contributed by atoms with Gasteiger partial charge in [-0.05, 0) is 53.9 Å². The van der Waals surface area contributed by atoms with Gasteiger partial charge in [0.15, 0.2) is 6.61 Å². The van der Waals surface area contributed by atoms with E-state index >= 15 is 0 Å². The lowest BCUT2D eigenvalue weighted by Crippen LogP contribution is -2.07. The van der Waals surface area contributed by atoms with Crippen LogP contribution >= 0.6 is 39.1 Å². The zero-order valence-corrected chi connectivity index (χ0v) is 16.5. The van der Waals surface area contributed by atoms with Gasteiger partial charge in [-0.1, -0.05) is 35.3 Å². The zero-order chi connectivity index (χ0) is 17.2. The third-order valence-corrected chi connectivity index (χ3v) is 3.39. The van der Waals surface area contributed by atoms with Crippen molar-refractivity contribution in [3.63, 3.8) is 0 Å². The molecule has 0 atom stereocenters. The van der Waals surface area contributed by atoms with Crippen molar-refractivity contribution in [1.29, 1.82) is 0 Å². The van der Waals surface area contributed by atoms with E-state index in [2.05, 4.69) is 21.1 Å². The Bertz CT molecular complexity index is 569. The first kappa shape index (κ1) is 20.1. The van der Waals surface area contributed by atoms with Crippen LogP contribution in [0.5, 0.6) is 11.5 Å². The second-order valence-corrected chi connectivity index (χ2v) is 6.90. The maximum atomic E-state index is 6.29. The Morgan fingerprint density at radius 1 is 1.26 bits per heavy atom. The van der Waals surface area contributed by atoms with Crippen LogP contribution in [-0.2, 0) is 11.3 Å². The first-order valence-electron chi connectivity index (χ1n) is 7.16. The molecule has 0 unspecified atom stereocenters. The Labute approximate surface area is 155 Å². The molecule has 128 valence electrons. The largest absolute Gasteiger partial charge is 0.489 e. The van der Waals surface area contributed by atoms with Gasteiger partial charge in [0, 0.05) is 6.07 Å². The van der Waals surface area contributed by atoms with Crippen molar-refractivity contribution in [3.8, 4) is 11.5 Å². The Morgan fingerprint density at radius 2 is 2.00 bits per heavy atom. The number of hydrogen-bond acceptors (Lipinski definition) is 4. The SMILES string of the molecule is CCc1cc(OC/C=C(\Cl)Br)cc(Cl)c1OCCON=C(C)C. The smallest absolute Gasteiger partial charge is 0.151 e. The van der Waals surface area contributed by atoms with Crippen molar-refractivity contribution in [2.24, 2.45) is 5.16 Å². The standard InChI is InChI=1S/C16H20BrCl2NO3/c1-4-12-9-13(21-6-5-15(17)19)10-14(18)16(12)22-7-8-23-20-11(2)3/h5,9-10H,4,6-8H2,1-3H3/b15-5-. The Hall–Kier alpha value is -0.910. The quantitative estimate of drug-likeness (QED) is 0.296. The average molecular weight is 425 g/mol. The van der Waals surface area contributed by atoms with E-state index in [0.29, 0.717) is 40.3 Å². The topological polar surface area (TPSA) is 40.0 Å². The third kappa shape index (κ3) is 7.95. The highest BCUT2D eigenvalue weighted by molar-refractivity contribution is 9.12. The van der Waals surface area contributed by atoms with Crippen molar-refractivity contribution < 1.29 is 14.3 Å². The summed E-state index contributed by atoms with van der Waals surface area (Å²) in [5.74, 6) is 1.32. The van der Waals surface area contributed by atoms with E-state index in [1.54, 1.807) is 12.1 Å². The van der Waals surface area contributed by atoms with Gasteiger partial charge in [-0.3, -0.25) is 0 Å². The molecule has 0 aliphatic carbocycles. The van der Waals surface area contributed by atoms with Crippen molar-refractivity contribution in [3.05, 3.63) is 32.7 Å². The van der Waals surface area contributed by atoms with Gasteiger partial charge in [0.1, 0.15) is 24.7 Å². The molecular formula is C16H20BrCl2NO3. The van der Waals surface area contributed by atoms with Crippen LogP contribution in [0, 0.1) is 0 Å². The van der Waals surface area contributed by atoms with Crippen LogP contribution in [0.1, 0.15) is 26.3 Å². The van der Waals surface area contributed by atoms with Crippen LogP contribution in [0.15, 0.2) is 27.3 Å². The molecule has 23 heavy (non-hydrogen) atoms. The monoisotopic (exact) mass is 423 g/mol. The van der Waals surface area contributed by atoms with Gasteiger partial charge in [0.25, 0.3) is 0 Å². The van der Waals surface area contributed by atoms with Gasteiger partial charge in [-0.25, -0.2) is 0 Å². The summed E-state index contributed by atoms with van der Waals surface area (Å²) in [6.07, 6.45) is 2.48. The average Bonchev–Trinajstić information content (AvgIpc) is 2.47. The molecule has 1 rings (SSSR count). The fourth-order valence-electron chi connectivity index (χ4n) is 1.69. The summed E-state index contributed by atoms with van der Waals surface area (Å²) in [7, 11) is 0. The zero-order valence-electron chi connectivity index (χ0n) is 13.4. The summed E-state index contributed by atoms with van der Waals surface area (Å²) in [5.41, 5.74) is 1.83. The minimum atomic E-state index is 0.353. The molecule has 1 aromatic rings. The normalized spacial score (nSPS) is 11.1. The predicted molar refractivity (Wildman–Crippen MR) is 99.4 cm³/mol. The van der Waals surface area contributed by atoms with E-state index in [1.165, 1.54) is 0 Å². The Balaban J connectivity index is 2.69. The minimum absolute atomic E-state index is 0.353. The molecule has 0 fully saturated rings. The fraction of sp³-hybridized carbons (Fsp3) is 0.438. The lowest BCUT2D eigenvalue weighted by Gasteiger charge is -2.14. The van der Waals surface area contributed by atoms with E-state index in [4.69, 9.17) is 37.5 Å². The van der Waals surface area contributed by atoms with Crippen LogP contribution in [0.4, 0.5) is 0 Å². The number of nitrogens with zero attached hydrogens (tertiary/aromatic N) is 1. The number of aryl methyl sites for hydroxylation is 1. The van der Waals surface area contributed by atoms with Crippen molar-refractivity contribution >= 4 is 44.8 Å². The summed E-state index contributed by atoms with van der Waals surface area (Å²) >= 11 is 15.1. The van der Waals surface area contributed by atoms with Crippen molar-refractivity contribution in [2.45, 2.75) is 27.2 Å². The van der Waals surface area contributed by atoms with Gasteiger partial charge < -0.3 is 14.3 Å². The van der Waals surface area contributed by atoms with E-state index in [9.17, 15) is 0 Å². The van der Waals surface area contributed by atoms with E-state index in [1.807, 2.05) is 26.8 Å². The number of oxime groups is 1. The second-order valence-electron chi connectivity index (χ2n) is 4.77. The number of halogens is 3. The van der Waals surface area contributed by atoms with Crippen LogP contribution in [-0.4, -0.2) is 25.5 Å². The second kappa shape index (κ2) is 10.8. The molecular weight excluding hydrogens is 405 g/mol. The summed E-state index contributed by atoms with van der Waals surface area (Å²) in [5, 5.41) is 4.35. The number of rotatable bonds is 9. The number of hydrogen-bond donors (Lipinski definition) is 0. The summed E-state index contributed by atoms with van der Waals surface area (Å²) in [6, 6.07) is 3.63. The van der Waals surface area contributed by atoms with Crippen molar-refractivity contribution in [2.75, 3.05) is 19.8 Å². The highest BCUT2D eigenvalue weighted by atomic mass is 79.9. The summed E-state index contributed by atoms with van der Waals surface area (Å²) in [6.45, 7) is 6.83. The minimum Gasteiger partial charge on any atom is -0.489 e. The van der Waals surface area contributed by atoms with Gasteiger partial charge in [-0.2, -0.15) is 0 Å². The van der Waals surface area contributed by atoms with Crippen LogP contribution in [0.2, 0.25) is 5.02 Å². The molecule has 0 amide bonds. The molecule has 7 heteroatoms. The summed E-state index contributed by atoms with van der Waals surface area (Å²) in [4.78, 5) is 5.10. The highest BCUT2D eigenvalue weighted by Crippen LogP contribution is 2.34. The lowest BCUT2D eigenvalue weighted by molar-refractivity contribution is 0.106. The first-order valence-corrected chi connectivity index (χ1v) is 8.71. The molecule has 0 N–H and O–H groups in total. The van der Waals surface area contributed by atoms with Crippen LogP contribution < -0.4 is 9.47 Å². The summed E-state index contributed by atoms with van der Waals surface area (Å²) < 4.78 is 11.8. The molecule has 0 aliphatic heterocycles. The molecule has 0 heterocycles. The van der Waals surface area contributed by atoms with E-state index < -0.39 is 0 Å². The third-order valence-electron chi connectivity index (χ3n) is 2.63. The highest BCUT2D eigenvalue weighted by Gasteiger charge is 2.11. The molecule has 0 bridgehead atoms. The first-order chi connectivity index (χ1) is 10.9. The van der Waals surface area contributed by atoms with Gasteiger partial charge in [-0.15, -0.1) is 0 Å². The molecule has 0 aromatic heterocycles. The molecule has 0 spiro atoms. The molecule has 0 radical (unpaired) electrons. The lowest BCUT2D eigenvalue weighted by atomic mass is 10.1. The molecule has 0 saturated heterocycles. The van der Waals surface area contributed by atoms with Gasteiger partial charge >= 0.3 is 0 Å². The molecule has 1 aromatic carbocycles. The predicted octanol–water partition coefficient (Wildman–Crippen LogP) is 5.55. The van der Waals surface area contributed by atoms with E-state index in [0.717, 1.165) is 17.7 Å². The van der Waals surface area contributed by atoms with E-state index in [-0.39, 0.29) is 0 Å². The fourth-order valence-corrected chi connectivity index (χ4v) is 2.17. The maximum absolute atomic E-state index is 6.29. The maximum Gasteiger partial charge on any atom is 0.151 e. The van der Waals surface area contributed by atoms with Crippen LogP contribution in [0.25, 0.3) is 0 Å². The van der Waals surface area contributed by atoms with Gasteiger partial charge in [0.05, 0.1) is 14.7 Å². The van der Waals surface area contributed by atoms with Gasteiger partial charge in [0.2, 0.25) is 0 Å². The van der Waals surface area contributed by atoms with Crippen LogP contribution in [0.3, 0.4) is 0 Å². The van der Waals surface area contributed by atoms with Crippen molar-refractivity contribution in [1.82, 2.24) is 0 Å². The number of ether oxygens (including phenoxy) is 2. The molecule has 0 saturated carbocycles.